The molecule has 1 atom stereocenters. The number of alkyl halides is 1. The summed E-state index contributed by atoms with van der Waals surface area (Å²) in [5.74, 6) is 0. The number of rotatable bonds is 1. The Morgan fingerprint density at radius 3 is 2.57 bits per heavy atom. The molecule has 4 rings (SSSR count). The van der Waals surface area contributed by atoms with Crippen LogP contribution in [-0.2, 0) is 5.41 Å². The van der Waals surface area contributed by atoms with E-state index in [4.69, 9.17) is 0 Å². The van der Waals surface area contributed by atoms with E-state index in [0.29, 0.717) is 3.92 Å². The maximum atomic E-state index is 2.44. The van der Waals surface area contributed by atoms with E-state index in [9.17, 15) is 0 Å². The molecule has 0 heterocycles. The average molecular weight is 410 g/mol. The van der Waals surface area contributed by atoms with Crippen LogP contribution in [0.1, 0.15) is 30.5 Å². The second-order valence-electron chi connectivity index (χ2n) is 6.74. The first-order chi connectivity index (χ1) is 11.1. The van der Waals surface area contributed by atoms with Crippen LogP contribution in [-0.4, -0.2) is 3.92 Å². The fraction of sp³-hybridized carbons (Fsp3) is 0.182. The van der Waals surface area contributed by atoms with Crippen molar-refractivity contribution in [3.63, 3.8) is 0 Å². The van der Waals surface area contributed by atoms with E-state index in [-0.39, 0.29) is 5.41 Å². The molecule has 0 fully saturated rings. The summed E-state index contributed by atoms with van der Waals surface area (Å²) in [6, 6.07) is 15.7. The van der Waals surface area contributed by atoms with Crippen LogP contribution in [0.4, 0.5) is 0 Å². The fourth-order valence-corrected chi connectivity index (χ4v) is 4.10. The van der Waals surface area contributed by atoms with Gasteiger partial charge in [0.05, 0.1) is 0 Å². The summed E-state index contributed by atoms with van der Waals surface area (Å²) >= 11 is 2.44. The number of fused-ring (bicyclic) bond motifs is 3. The van der Waals surface area contributed by atoms with E-state index in [1.807, 2.05) is 0 Å². The van der Waals surface area contributed by atoms with Gasteiger partial charge in [-0.15, -0.1) is 0 Å². The highest BCUT2D eigenvalue weighted by atomic mass is 127. The third-order valence-electron chi connectivity index (χ3n) is 4.95. The van der Waals surface area contributed by atoms with Crippen LogP contribution in [0.5, 0.6) is 0 Å². The van der Waals surface area contributed by atoms with Crippen LogP contribution in [0.25, 0.3) is 16.7 Å². The first-order valence-corrected chi connectivity index (χ1v) is 9.27. The number of hydrogen-bond donors (Lipinski definition) is 0. The van der Waals surface area contributed by atoms with Crippen molar-refractivity contribution in [2.75, 3.05) is 0 Å². The van der Waals surface area contributed by atoms with Gasteiger partial charge in [0.1, 0.15) is 0 Å². The minimum absolute atomic E-state index is 0.0680. The van der Waals surface area contributed by atoms with E-state index in [0.717, 1.165) is 0 Å². The second kappa shape index (κ2) is 5.48. The summed E-state index contributed by atoms with van der Waals surface area (Å²) in [6.07, 6.45) is 11.1. The van der Waals surface area contributed by atoms with Crippen LogP contribution in [0.15, 0.2) is 72.8 Å². The number of allylic oxidation sites excluding steroid dienone is 6. The molecule has 2 aromatic rings. The Bertz CT molecular complexity index is 865. The van der Waals surface area contributed by atoms with Gasteiger partial charge in [0.15, 0.2) is 0 Å². The standard InChI is InChI=1S/C22H19I/c1-22(2)20-9-4-3-8-18(20)19-13-11-16(14-21(19)22)15-6-5-7-17(23)12-10-15/h3-14,17H,1-2H3. The molecule has 2 aliphatic carbocycles. The molecule has 0 N–H and O–H groups in total. The SMILES string of the molecule is CC1(C)c2ccccc2-c2ccc(C3=CC=CC(I)C=C3)cc21. The van der Waals surface area contributed by atoms with Gasteiger partial charge in [-0.3, -0.25) is 0 Å². The Balaban J connectivity index is 1.85. The van der Waals surface area contributed by atoms with Gasteiger partial charge in [-0.25, -0.2) is 0 Å². The van der Waals surface area contributed by atoms with Crippen molar-refractivity contribution in [2.45, 2.75) is 23.2 Å². The van der Waals surface area contributed by atoms with Gasteiger partial charge in [0, 0.05) is 9.34 Å². The van der Waals surface area contributed by atoms with Gasteiger partial charge in [0.25, 0.3) is 0 Å². The summed E-state index contributed by atoms with van der Waals surface area (Å²) in [5, 5.41) is 0. The minimum atomic E-state index is 0.0680. The van der Waals surface area contributed by atoms with Crippen LogP contribution in [0.3, 0.4) is 0 Å². The molecule has 2 aliphatic rings. The first-order valence-electron chi connectivity index (χ1n) is 8.03. The second-order valence-corrected chi connectivity index (χ2v) is 8.18. The predicted octanol–water partition coefficient (Wildman–Crippen LogP) is 6.31. The predicted molar refractivity (Wildman–Crippen MR) is 108 cm³/mol. The van der Waals surface area contributed by atoms with Crippen molar-refractivity contribution in [3.8, 4) is 11.1 Å². The molecule has 23 heavy (non-hydrogen) atoms. The van der Waals surface area contributed by atoms with Crippen LogP contribution in [0.2, 0.25) is 0 Å². The topological polar surface area (TPSA) is 0 Å². The summed E-state index contributed by atoms with van der Waals surface area (Å²) in [5.41, 5.74) is 8.30. The molecule has 114 valence electrons. The van der Waals surface area contributed by atoms with E-state index in [2.05, 4.69) is 109 Å². The molecule has 1 unspecified atom stereocenters. The average Bonchev–Trinajstić information content (AvgIpc) is 2.70. The lowest BCUT2D eigenvalue weighted by molar-refractivity contribution is 0.660. The van der Waals surface area contributed by atoms with E-state index < -0.39 is 0 Å². The smallest absolute Gasteiger partial charge is 0.0476 e. The molecule has 0 saturated carbocycles. The third kappa shape index (κ3) is 2.42. The third-order valence-corrected chi connectivity index (χ3v) is 5.78. The lowest BCUT2D eigenvalue weighted by Crippen LogP contribution is -2.15. The fourth-order valence-electron chi connectivity index (χ4n) is 3.66. The van der Waals surface area contributed by atoms with Crippen LogP contribution in [0, 0.1) is 0 Å². The highest BCUT2D eigenvalue weighted by molar-refractivity contribution is 14.1. The summed E-state index contributed by atoms with van der Waals surface area (Å²) in [7, 11) is 0. The molecule has 0 spiro atoms. The normalized spacial score (nSPS) is 20.7. The summed E-state index contributed by atoms with van der Waals surface area (Å²) < 4.78 is 0.469. The molecule has 0 nitrogen and oxygen atoms in total. The lowest BCUT2D eigenvalue weighted by atomic mass is 9.81. The molecule has 0 aliphatic heterocycles. The van der Waals surface area contributed by atoms with Crippen molar-refractivity contribution in [3.05, 3.63) is 89.5 Å². The molecule has 0 saturated heterocycles. The van der Waals surface area contributed by atoms with Gasteiger partial charge in [-0.1, -0.05) is 103 Å². The molecule has 1 heteroatoms. The van der Waals surface area contributed by atoms with Gasteiger partial charge >= 0.3 is 0 Å². The molecular weight excluding hydrogens is 391 g/mol. The van der Waals surface area contributed by atoms with E-state index >= 15 is 0 Å². The Morgan fingerprint density at radius 2 is 1.70 bits per heavy atom. The van der Waals surface area contributed by atoms with E-state index in [1.54, 1.807) is 0 Å². The largest absolute Gasteiger partial charge is 0.0735 e. The molecule has 2 aromatic carbocycles. The van der Waals surface area contributed by atoms with Gasteiger partial charge in [-0.05, 0) is 39.5 Å². The Hall–Kier alpha value is -1.61. The molecular formula is C22H19I. The van der Waals surface area contributed by atoms with Crippen molar-refractivity contribution in [2.24, 2.45) is 0 Å². The van der Waals surface area contributed by atoms with Gasteiger partial charge < -0.3 is 0 Å². The lowest BCUT2D eigenvalue weighted by Gasteiger charge is -2.22. The number of benzene rings is 2. The van der Waals surface area contributed by atoms with Crippen molar-refractivity contribution in [1.82, 2.24) is 0 Å². The van der Waals surface area contributed by atoms with E-state index in [1.165, 1.54) is 33.4 Å². The molecule has 0 amide bonds. The zero-order chi connectivity index (χ0) is 16.0. The van der Waals surface area contributed by atoms with Crippen molar-refractivity contribution < 1.29 is 0 Å². The highest BCUT2D eigenvalue weighted by Gasteiger charge is 2.35. The van der Waals surface area contributed by atoms with Crippen LogP contribution >= 0.6 is 22.6 Å². The van der Waals surface area contributed by atoms with Gasteiger partial charge in [0.2, 0.25) is 0 Å². The zero-order valence-corrected chi connectivity index (χ0v) is 15.5. The number of hydrogen-bond acceptors (Lipinski definition) is 0. The monoisotopic (exact) mass is 410 g/mol. The van der Waals surface area contributed by atoms with Crippen LogP contribution < -0.4 is 0 Å². The Labute approximate surface area is 151 Å². The first kappa shape index (κ1) is 14.9. The highest BCUT2D eigenvalue weighted by Crippen LogP contribution is 2.49. The summed E-state index contributed by atoms with van der Waals surface area (Å²) in [6.45, 7) is 4.67. The van der Waals surface area contributed by atoms with Gasteiger partial charge in [-0.2, -0.15) is 0 Å². The Morgan fingerprint density at radius 1 is 0.913 bits per heavy atom. The minimum Gasteiger partial charge on any atom is -0.0735 e. The number of halogens is 1. The van der Waals surface area contributed by atoms with Crippen molar-refractivity contribution >= 4 is 28.2 Å². The van der Waals surface area contributed by atoms with Crippen molar-refractivity contribution in [1.29, 1.82) is 0 Å². The zero-order valence-electron chi connectivity index (χ0n) is 13.4. The maximum absolute atomic E-state index is 2.44. The quantitative estimate of drug-likeness (QED) is 0.382. The molecule has 0 aromatic heterocycles. The summed E-state index contributed by atoms with van der Waals surface area (Å²) in [4.78, 5) is 0. The molecule has 0 bridgehead atoms. The molecule has 0 radical (unpaired) electrons. The Kier molecular flexibility index (Phi) is 3.56. The maximum Gasteiger partial charge on any atom is 0.0476 e.